The fourth-order valence-electron chi connectivity index (χ4n) is 1.11. The molecule has 0 heterocycles. The second-order valence-corrected chi connectivity index (χ2v) is 3.28. The van der Waals surface area contributed by atoms with Crippen molar-refractivity contribution in [3.05, 3.63) is 22.7 Å². The van der Waals surface area contributed by atoms with Gasteiger partial charge in [0.15, 0.2) is 11.5 Å². The average Bonchev–Trinajstić information content (AvgIpc) is 2.22. The Labute approximate surface area is 92.4 Å². The van der Waals surface area contributed by atoms with E-state index >= 15 is 0 Å². The van der Waals surface area contributed by atoms with E-state index in [0.717, 1.165) is 0 Å². The third kappa shape index (κ3) is 2.76. The van der Waals surface area contributed by atoms with E-state index in [4.69, 9.17) is 16.3 Å². The smallest absolute Gasteiger partial charge is 0.310 e. The summed E-state index contributed by atoms with van der Waals surface area (Å²) in [5, 5.41) is 9.82. The molecule has 0 saturated carbocycles. The van der Waals surface area contributed by atoms with Gasteiger partial charge < -0.3 is 14.6 Å². The normalized spacial score (nSPS) is 9.80. The number of aromatic hydroxyl groups is 1. The van der Waals surface area contributed by atoms with Gasteiger partial charge in [-0.1, -0.05) is 11.6 Å². The topological polar surface area (TPSA) is 55.8 Å². The number of benzene rings is 1. The highest BCUT2D eigenvalue weighted by atomic mass is 35.5. The monoisotopic (exact) mass is 230 g/mol. The molecule has 0 atom stereocenters. The van der Waals surface area contributed by atoms with Crippen LogP contribution < -0.4 is 4.74 Å². The molecule has 0 aliphatic rings. The lowest BCUT2D eigenvalue weighted by atomic mass is 10.1. The van der Waals surface area contributed by atoms with E-state index in [1.165, 1.54) is 26.4 Å². The summed E-state index contributed by atoms with van der Waals surface area (Å²) >= 11 is 5.88. The molecule has 0 unspecified atom stereocenters. The van der Waals surface area contributed by atoms with Crippen LogP contribution in [0.5, 0.6) is 11.5 Å². The minimum Gasteiger partial charge on any atom is -0.504 e. The summed E-state index contributed by atoms with van der Waals surface area (Å²) < 4.78 is 9.36. The van der Waals surface area contributed by atoms with Gasteiger partial charge in [-0.05, 0) is 11.6 Å². The number of halogens is 1. The summed E-state index contributed by atoms with van der Waals surface area (Å²) in [6.07, 6.45) is 0.0207. The van der Waals surface area contributed by atoms with Crippen molar-refractivity contribution < 1.29 is 19.4 Å². The SMILES string of the molecule is COC(=O)Cc1cc(O)c(OC)cc1Cl. The summed E-state index contributed by atoms with van der Waals surface area (Å²) in [6.45, 7) is 0. The van der Waals surface area contributed by atoms with Crippen molar-refractivity contribution in [1.29, 1.82) is 0 Å². The summed E-state index contributed by atoms with van der Waals surface area (Å²) in [5.74, 6) is -0.198. The van der Waals surface area contributed by atoms with E-state index in [9.17, 15) is 9.90 Å². The second kappa shape index (κ2) is 4.89. The molecule has 1 aromatic carbocycles. The summed E-state index contributed by atoms with van der Waals surface area (Å²) in [7, 11) is 2.71. The van der Waals surface area contributed by atoms with Crippen LogP contribution in [0.1, 0.15) is 5.56 Å². The molecule has 1 N–H and O–H groups in total. The molecule has 4 nitrogen and oxygen atoms in total. The number of rotatable bonds is 3. The van der Waals surface area contributed by atoms with Crippen molar-refractivity contribution in [3.63, 3.8) is 0 Å². The highest BCUT2D eigenvalue weighted by Gasteiger charge is 2.11. The molecular formula is C10H11ClO4. The molecule has 0 amide bonds. The molecule has 5 heteroatoms. The molecule has 0 aliphatic heterocycles. The molecule has 0 radical (unpaired) electrons. The van der Waals surface area contributed by atoms with E-state index in [1.54, 1.807) is 0 Å². The van der Waals surface area contributed by atoms with Gasteiger partial charge in [-0.2, -0.15) is 0 Å². The number of carbonyl (C=O) groups excluding carboxylic acids is 1. The molecule has 1 aromatic rings. The molecule has 0 aromatic heterocycles. The van der Waals surface area contributed by atoms with Crippen LogP contribution in [0.4, 0.5) is 0 Å². The van der Waals surface area contributed by atoms with E-state index in [-0.39, 0.29) is 17.9 Å². The van der Waals surface area contributed by atoms with Gasteiger partial charge in [-0.15, -0.1) is 0 Å². The van der Waals surface area contributed by atoms with E-state index in [0.29, 0.717) is 10.6 Å². The summed E-state index contributed by atoms with van der Waals surface area (Å²) in [5.41, 5.74) is 0.502. The number of carbonyl (C=O) groups is 1. The van der Waals surface area contributed by atoms with Crippen molar-refractivity contribution >= 4 is 17.6 Å². The molecular weight excluding hydrogens is 220 g/mol. The maximum Gasteiger partial charge on any atom is 0.310 e. The largest absolute Gasteiger partial charge is 0.504 e. The molecule has 0 spiro atoms. The molecule has 0 fully saturated rings. The van der Waals surface area contributed by atoms with Crippen LogP contribution in [-0.2, 0) is 16.0 Å². The molecule has 15 heavy (non-hydrogen) atoms. The van der Waals surface area contributed by atoms with Crippen LogP contribution in [0.15, 0.2) is 12.1 Å². The molecule has 1 rings (SSSR count). The standard InChI is InChI=1S/C10H11ClO4/c1-14-9-5-7(11)6(3-8(9)12)4-10(13)15-2/h3,5,12H,4H2,1-2H3. The lowest BCUT2D eigenvalue weighted by Gasteiger charge is -2.07. The van der Waals surface area contributed by atoms with Gasteiger partial charge in [0.2, 0.25) is 0 Å². The van der Waals surface area contributed by atoms with Gasteiger partial charge in [0.1, 0.15) is 0 Å². The zero-order valence-electron chi connectivity index (χ0n) is 8.41. The lowest BCUT2D eigenvalue weighted by molar-refractivity contribution is -0.139. The number of phenols is 1. The van der Waals surface area contributed by atoms with Gasteiger partial charge >= 0.3 is 5.97 Å². The quantitative estimate of drug-likeness (QED) is 0.804. The van der Waals surface area contributed by atoms with E-state index in [2.05, 4.69) is 4.74 Å². The van der Waals surface area contributed by atoms with Gasteiger partial charge in [0.05, 0.1) is 20.6 Å². The van der Waals surface area contributed by atoms with Crippen LogP contribution in [-0.4, -0.2) is 25.3 Å². The lowest BCUT2D eigenvalue weighted by Crippen LogP contribution is -2.05. The van der Waals surface area contributed by atoms with E-state index < -0.39 is 5.97 Å². The van der Waals surface area contributed by atoms with Crippen molar-refractivity contribution in [3.8, 4) is 11.5 Å². The first-order valence-corrected chi connectivity index (χ1v) is 4.58. The average molecular weight is 231 g/mol. The Balaban J connectivity index is 3.00. The molecule has 0 saturated heterocycles. The Morgan fingerprint density at radius 3 is 2.67 bits per heavy atom. The predicted molar refractivity (Wildman–Crippen MR) is 55.4 cm³/mol. The first kappa shape index (κ1) is 11.7. The Hall–Kier alpha value is -1.42. The van der Waals surface area contributed by atoms with Crippen LogP contribution in [0.2, 0.25) is 5.02 Å². The van der Waals surface area contributed by atoms with Gasteiger partial charge in [0, 0.05) is 11.1 Å². The molecule has 0 bridgehead atoms. The number of hydrogen-bond acceptors (Lipinski definition) is 4. The van der Waals surface area contributed by atoms with Gasteiger partial charge in [-0.3, -0.25) is 4.79 Å². The maximum atomic E-state index is 11.0. The Morgan fingerprint density at radius 2 is 2.13 bits per heavy atom. The number of ether oxygens (including phenoxy) is 2. The third-order valence-electron chi connectivity index (χ3n) is 1.91. The first-order valence-electron chi connectivity index (χ1n) is 4.20. The summed E-state index contributed by atoms with van der Waals surface area (Å²) in [6, 6.07) is 2.84. The Kier molecular flexibility index (Phi) is 3.80. The first-order chi connectivity index (χ1) is 7.08. The minimum atomic E-state index is -0.415. The van der Waals surface area contributed by atoms with Crippen molar-refractivity contribution in [1.82, 2.24) is 0 Å². The van der Waals surface area contributed by atoms with Crippen LogP contribution >= 0.6 is 11.6 Å². The van der Waals surface area contributed by atoms with Gasteiger partial charge in [0.25, 0.3) is 0 Å². The number of phenolic OH excluding ortho intramolecular Hbond substituents is 1. The molecule has 0 aliphatic carbocycles. The number of hydrogen-bond donors (Lipinski definition) is 1. The highest BCUT2D eigenvalue weighted by molar-refractivity contribution is 6.31. The van der Waals surface area contributed by atoms with Crippen LogP contribution in [0, 0.1) is 0 Å². The number of esters is 1. The van der Waals surface area contributed by atoms with Crippen molar-refractivity contribution in [2.45, 2.75) is 6.42 Å². The van der Waals surface area contributed by atoms with Crippen LogP contribution in [0.25, 0.3) is 0 Å². The summed E-state index contributed by atoms with van der Waals surface area (Å²) in [4.78, 5) is 11.0. The number of methoxy groups -OCH3 is 2. The fourth-order valence-corrected chi connectivity index (χ4v) is 1.33. The predicted octanol–water partition coefficient (Wildman–Crippen LogP) is 1.77. The van der Waals surface area contributed by atoms with Crippen molar-refractivity contribution in [2.75, 3.05) is 14.2 Å². The Bertz CT molecular complexity index is 376. The zero-order chi connectivity index (χ0) is 11.4. The molecule has 82 valence electrons. The third-order valence-corrected chi connectivity index (χ3v) is 2.26. The fraction of sp³-hybridized carbons (Fsp3) is 0.300. The zero-order valence-corrected chi connectivity index (χ0v) is 9.17. The Morgan fingerprint density at radius 1 is 1.47 bits per heavy atom. The second-order valence-electron chi connectivity index (χ2n) is 2.87. The highest BCUT2D eigenvalue weighted by Crippen LogP contribution is 2.32. The van der Waals surface area contributed by atoms with Crippen molar-refractivity contribution in [2.24, 2.45) is 0 Å². The minimum absolute atomic E-state index is 0.0207. The van der Waals surface area contributed by atoms with Crippen LogP contribution in [0.3, 0.4) is 0 Å². The maximum absolute atomic E-state index is 11.0. The van der Waals surface area contributed by atoms with E-state index in [1.807, 2.05) is 0 Å². The van der Waals surface area contributed by atoms with Gasteiger partial charge in [-0.25, -0.2) is 0 Å².